The molecular formula is C16H14Cl2O2. The molecule has 2 aromatic carbocycles. The molecule has 0 heterocycles. The molecule has 2 nitrogen and oxygen atoms in total. The summed E-state index contributed by atoms with van der Waals surface area (Å²) in [5.74, 6) is -0.358. The lowest BCUT2D eigenvalue weighted by Gasteiger charge is -2.17. The van der Waals surface area contributed by atoms with Gasteiger partial charge in [-0.15, -0.1) is 0 Å². The maximum atomic E-state index is 11.6. The second-order valence-electron chi connectivity index (χ2n) is 4.42. The highest BCUT2D eigenvalue weighted by Gasteiger charge is 2.19. The molecule has 0 aliphatic carbocycles. The molecule has 0 spiro atoms. The Labute approximate surface area is 128 Å². The molecule has 2 aromatic rings. The van der Waals surface area contributed by atoms with Gasteiger partial charge in [0.15, 0.2) is 0 Å². The van der Waals surface area contributed by atoms with E-state index < -0.39 is 0 Å². The van der Waals surface area contributed by atoms with Crippen LogP contribution in [-0.4, -0.2) is 13.1 Å². The van der Waals surface area contributed by atoms with Crippen LogP contribution in [0, 0.1) is 0 Å². The summed E-state index contributed by atoms with van der Waals surface area (Å²) in [4.78, 5) is 11.6. The topological polar surface area (TPSA) is 26.3 Å². The highest BCUT2D eigenvalue weighted by molar-refractivity contribution is 6.42. The molecule has 2 rings (SSSR count). The van der Waals surface area contributed by atoms with Crippen molar-refractivity contribution in [3.63, 3.8) is 0 Å². The van der Waals surface area contributed by atoms with Crippen molar-refractivity contribution in [3.8, 4) is 0 Å². The first-order valence-corrected chi connectivity index (χ1v) is 6.94. The molecule has 1 atom stereocenters. The predicted octanol–water partition coefficient (Wildman–Crippen LogP) is 4.69. The van der Waals surface area contributed by atoms with Crippen molar-refractivity contribution >= 4 is 29.2 Å². The van der Waals surface area contributed by atoms with Crippen molar-refractivity contribution in [1.82, 2.24) is 0 Å². The number of benzene rings is 2. The molecular weight excluding hydrogens is 295 g/mol. The molecule has 0 amide bonds. The minimum atomic E-state index is -0.259. The van der Waals surface area contributed by atoms with Gasteiger partial charge in [-0.25, -0.2) is 0 Å². The van der Waals surface area contributed by atoms with E-state index in [2.05, 4.69) is 0 Å². The Morgan fingerprint density at radius 1 is 1.05 bits per heavy atom. The summed E-state index contributed by atoms with van der Waals surface area (Å²) in [5, 5.41) is 0.982. The quantitative estimate of drug-likeness (QED) is 0.766. The van der Waals surface area contributed by atoms with Crippen LogP contribution in [0.25, 0.3) is 0 Å². The number of esters is 1. The summed E-state index contributed by atoms with van der Waals surface area (Å²) in [6.07, 6.45) is 0.262. The van der Waals surface area contributed by atoms with Gasteiger partial charge in [-0.3, -0.25) is 4.79 Å². The Morgan fingerprint density at radius 3 is 2.35 bits per heavy atom. The average molecular weight is 309 g/mol. The number of methoxy groups -OCH3 is 1. The molecule has 0 fully saturated rings. The molecule has 0 saturated carbocycles. The monoisotopic (exact) mass is 308 g/mol. The van der Waals surface area contributed by atoms with Gasteiger partial charge in [0.1, 0.15) is 0 Å². The van der Waals surface area contributed by atoms with Gasteiger partial charge in [0, 0.05) is 5.92 Å². The van der Waals surface area contributed by atoms with Crippen molar-refractivity contribution in [2.75, 3.05) is 7.11 Å². The Bertz CT molecular complexity index is 597. The average Bonchev–Trinajstić information content (AvgIpc) is 2.48. The number of hydrogen-bond acceptors (Lipinski definition) is 2. The van der Waals surface area contributed by atoms with Crippen LogP contribution >= 0.6 is 23.2 Å². The fourth-order valence-electron chi connectivity index (χ4n) is 2.09. The van der Waals surface area contributed by atoms with Crippen LogP contribution < -0.4 is 0 Å². The highest BCUT2D eigenvalue weighted by atomic mass is 35.5. The van der Waals surface area contributed by atoms with Crippen LogP contribution in [0.4, 0.5) is 0 Å². The van der Waals surface area contributed by atoms with Gasteiger partial charge in [-0.05, 0) is 23.3 Å². The van der Waals surface area contributed by atoms with E-state index in [1.165, 1.54) is 7.11 Å². The van der Waals surface area contributed by atoms with Crippen LogP contribution in [0.3, 0.4) is 0 Å². The third-order valence-corrected chi connectivity index (χ3v) is 3.89. The molecule has 0 N–H and O–H groups in total. The summed E-state index contributed by atoms with van der Waals surface area (Å²) in [6, 6.07) is 15.2. The zero-order valence-electron chi connectivity index (χ0n) is 11.0. The van der Waals surface area contributed by atoms with Crippen molar-refractivity contribution < 1.29 is 9.53 Å². The minimum Gasteiger partial charge on any atom is -0.469 e. The van der Waals surface area contributed by atoms with Crippen LogP contribution in [0.5, 0.6) is 0 Å². The maximum Gasteiger partial charge on any atom is 0.306 e. The Hall–Kier alpha value is -1.51. The van der Waals surface area contributed by atoms with Crippen molar-refractivity contribution in [1.29, 1.82) is 0 Å². The Balaban J connectivity index is 2.40. The molecule has 0 aromatic heterocycles. The Morgan fingerprint density at radius 2 is 1.75 bits per heavy atom. The van der Waals surface area contributed by atoms with Crippen molar-refractivity contribution in [2.24, 2.45) is 0 Å². The SMILES string of the molecule is COC(=O)C[C@H](c1ccccc1)c1ccc(Cl)c(Cl)c1. The van der Waals surface area contributed by atoms with Gasteiger partial charge >= 0.3 is 5.97 Å². The predicted molar refractivity (Wildman–Crippen MR) is 81.4 cm³/mol. The minimum absolute atomic E-state index is 0.0987. The zero-order valence-corrected chi connectivity index (χ0v) is 12.5. The number of carbonyl (C=O) groups excluding carboxylic acids is 1. The smallest absolute Gasteiger partial charge is 0.306 e. The van der Waals surface area contributed by atoms with Gasteiger partial charge in [0.25, 0.3) is 0 Å². The highest BCUT2D eigenvalue weighted by Crippen LogP contribution is 2.32. The third-order valence-electron chi connectivity index (χ3n) is 3.15. The lowest BCUT2D eigenvalue weighted by atomic mass is 9.88. The summed E-state index contributed by atoms with van der Waals surface area (Å²) >= 11 is 12.0. The molecule has 0 aliphatic heterocycles. The fourth-order valence-corrected chi connectivity index (χ4v) is 2.40. The van der Waals surface area contributed by atoms with Gasteiger partial charge < -0.3 is 4.74 Å². The first-order chi connectivity index (χ1) is 9.61. The molecule has 4 heteroatoms. The van der Waals surface area contributed by atoms with Crippen LogP contribution in [0.1, 0.15) is 23.5 Å². The standard InChI is InChI=1S/C16H14Cl2O2/c1-20-16(19)10-13(11-5-3-2-4-6-11)12-7-8-14(17)15(18)9-12/h2-9,13H,10H2,1H3/t13-/m1/s1. The first-order valence-electron chi connectivity index (χ1n) is 6.18. The number of hydrogen-bond donors (Lipinski definition) is 0. The normalized spacial score (nSPS) is 11.9. The number of halogens is 2. The maximum absolute atomic E-state index is 11.6. The van der Waals surface area contributed by atoms with Gasteiger partial charge in [-0.2, -0.15) is 0 Å². The lowest BCUT2D eigenvalue weighted by Crippen LogP contribution is -2.10. The molecule has 0 unspecified atom stereocenters. The van der Waals surface area contributed by atoms with Crippen LogP contribution in [0.15, 0.2) is 48.5 Å². The second kappa shape index (κ2) is 6.78. The molecule has 20 heavy (non-hydrogen) atoms. The number of rotatable bonds is 4. The molecule has 0 saturated heterocycles. The largest absolute Gasteiger partial charge is 0.469 e. The molecule has 0 aliphatic rings. The summed E-state index contributed by atoms with van der Waals surface area (Å²) in [5.41, 5.74) is 1.98. The molecule has 0 bridgehead atoms. The van der Waals surface area contributed by atoms with E-state index >= 15 is 0 Å². The molecule has 0 radical (unpaired) electrons. The lowest BCUT2D eigenvalue weighted by molar-refractivity contribution is -0.140. The van der Waals surface area contributed by atoms with Gasteiger partial charge in [-0.1, -0.05) is 59.6 Å². The second-order valence-corrected chi connectivity index (χ2v) is 5.23. The van der Waals surface area contributed by atoms with E-state index in [1.807, 2.05) is 36.4 Å². The first kappa shape index (κ1) is 14.9. The van der Waals surface area contributed by atoms with E-state index in [1.54, 1.807) is 12.1 Å². The summed E-state index contributed by atoms with van der Waals surface area (Å²) < 4.78 is 4.78. The van der Waals surface area contributed by atoms with E-state index in [4.69, 9.17) is 27.9 Å². The summed E-state index contributed by atoms with van der Waals surface area (Å²) in [6.45, 7) is 0. The fraction of sp³-hybridized carbons (Fsp3) is 0.188. The van der Waals surface area contributed by atoms with Crippen LogP contribution in [-0.2, 0) is 9.53 Å². The van der Waals surface area contributed by atoms with E-state index in [-0.39, 0.29) is 18.3 Å². The van der Waals surface area contributed by atoms with E-state index in [0.717, 1.165) is 11.1 Å². The van der Waals surface area contributed by atoms with Crippen molar-refractivity contribution in [2.45, 2.75) is 12.3 Å². The van der Waals surface area contributed by atoms with E-state index in [0.29, 0.717) is 10.0 Å². The third kappa shape index (κ3) is 3.53. The zero-order chi connectivity index (χ0) is 14.5. The van der Waals surface area contributed by atoms with Crippen LogP contribution in [0.2, 0.25) is 10.0 Å². The van der Waals surface area contributed by atoms with Gasteiger partial charge in [0.2, 0.25) is 0 Å². The number of carbonyl (C=O) groups is 1. The molecule has 104 valence electrons. The van der Waals surface area contributed by atoms with Gasteiger partial charge in [0.05, 0.1) is 23.6 Å². The van der Waals surface area contributed by atoms with Crippen molar-refractivity contribution in [3.05, 3.63) is 69.7 Å². The Kier molecular flexibility index (Phi) is 5.05. The summed E-state index contributed by atoms with van der Waals surface area (Å²) in [7, 11) is 1.39. The van der Waals surface area contributed by atoms with E-state index in [9.17, 15) is 4.79 Å². The number of ether oxygens (including phenoxy) is 1.